The largest absolute Gasteiger partial charge is 0.394 e. The van der Waals surface area contributed by atoms with Crippen LogP contribution in [-0.4, -0.2) is 34.9 Å². The van der Waals surface area contributed by atoms with Gasteiger partial charge in [0.25, 0.3) is 0 Å². The number of aliphatic hydroxyl groups excluding tert-OH is 2. The van der Waals surface area contributed by atoms with Crippen LogP contribution in [0.4, 0.5) is 0 Å². The molecule has 0 aliphatic rings. The molecule has 64 heavy (non-hydrogen) atoms. The average molecular weight is 889 g/mol. The Hall–Kier alpha value is -2.69. The van der Waals surface area contributed by atoms with Crippen LogP contribution in [0.15, 0.2) is 97.2 Å². The van der Waals surface area contributed by atoms with E-state index in [1.54, 1.807) is 6.08 Å². The van der Waals surface area contributed by atoms with E-state index >= 15 is 0 Å². The summed E-state index contributed by atoms with van der Waals surface area (Å²) in [6.07, 6.45) is 81.4. The highest BCUT2D eigenvalue weighted by Gasteiger charge is 2.17. The first-order valence-corrected chi connectivity index (χ1v) is 27.5. The lowest BCUT2D eigenvalue weighted by molar-refractivity contribution is -0.123. The standard InChI is InChI=1S/C60H105NO3/c1-3-5-7-9-11-13-15-17-19-21-22-23-24-25-26-27-28-29-30-31-32-33-34-35-36-37-38-40-42-44-46-48-50-52-54-56-60(64)61-58(57-62)59(63)55-53-51-49-47-45-43-41-39-20-18-16-14-12-10-8-6-4-2/h5,7,11,13,17,19-20,22-23,25-26,39,45,47,53,55,58-59,62-63H,3-4,6,8-10,12,14-16,18,21,24,27-38,40-44,46,48-52,54,56-57H2,1-2H3,(H,61,64)/b7-5-,13-11-,19-17-,23-22-,26-25-,39-20+,47-45+,55-53+. The van der Waals surface area contributed by atoms with E-state index in [-0.39, 0.29) is 12.5 Å². The van der Waals surface area contributed by atoms with Crippen LogP contribution < -0.4 is 5.32 Å². The smallest absolute Gasteiger partial charge is 0.220 e. The van der Waals surface area contributed by atoms with Gasteiger partial charge >= 0.3 is 0 Å². The molecule has 2 atom stereocenters. The minimum absolute atomic E-state index is 0.0784. The second-order valence-electron chi connectivity index (χ2n) is 18.2. The van der Waals surface area contributed by atoms with E-state index in [9.17, 15) is 15.0 Å². The zero-order valence-electron chi connectivity index (χ0n) is 42.3. The van der Waals surface area contributed by atoms with Gasteiger partial charge in [0.05, 0.1) is 18.8 Å². The molecule has 0 heterocycles. The Morgan fingerprint density at radius 1 is 0.391 bits per heavy atom. The Morgan fingerprint density at radius 2 is 0.703 bits per heavy atom. The monoisotopic (exact) mass is 888 g/mol. The fraction of sp³-hybridized carbons (Fsp3) is 0.717. The summed E-state index contributed by atoms with van der Waals surface area (Å²) in [5.74, 6) is -0.0784. The van der Waals surface area contributed by atoms with Crippen molar-refractivity contribution in [2.24, 2.45) is 0 Å². The van der Waals surface area contributed by atoms with Gasteiger partial charge in [-0.05, 0) is 89.9 Å². The molecule has 2 unspecified atom stereocenters. The summed E-state index contributed by atoms with van der Waals surface area (Å²) >= 11 is 0. The first-order valence-electron chi connectivity index (χ1n) is 27.5. The van der Waals surface area contributed by atoms with Gasteiger partial charge in [0.1, 0.15) is 0 Å². The number of aliphatic hydroxyl groups is 2. The van der Waals surface area contributed by atoms with E-state index < -0.39 is 12.1 Å². The lowest BCUT2D eigenvalue weighted by Crippen LogP contribution is -2.45. The van der Waals surface area contributed by atoms with Crippen LogP contribution in [0, 0.1) is 0 Å². The molecule has 0 rings (SSSR count). The summed E-state index contributed by atoms with van der Waals surface area (Å²) in [6, 6.07) is -0.649. The first-order chi connectivity index (χ1) is 31.7. The molecule has 0 bridgehead atoms. The van der Waals surface area contributed by atoms with E-state index in [0.717, 1.165) is 70.6 Å². The van der Waals surface area contributed by atoms with Crippen molar-refractivity contribution < 1.29 is 15.0 Å². The minimum Gasteiger partial charge on any atom is -0.394 e. The first kappa shape index (κ1) is 61.3. The third-order valence-electron chi connectivity index (χ3n) is 12.0. The van der Waals surface area contributed by atoms with Gasteiger partial charge in [0, 0.05) is 6.42 Å². The third-order valence-corrected chi connectivity index (χ3v) is 12.0. The summed E-state index contributed by atoms with van der Waals surface area (Å²) in [7, 11) is 0. The Kier molecular flexibility index (Phi) is 52.3. The molecular formula is C60H105NO3. The SMILES string of the molecule is CC/C=C\C/C=C\C/C=C\C/C=C\C/C=C\CCCCCCCCCCCCCCCCCCCCCC(=O)NC(CO)C(O)/C=C/CC/C=C/CC/C=C/CCCCCCCCC. The van der Waals surface area contributed by atoms with Crippen LogP contribution in [0.25, 0.3) is 0 Å². The van der Waals surface area contributed by atoms with E-state index in [1.807, 2.05) is 6.08 Å². The maximum Gasteiger partial charge on any atom is 0.220 e. The van der Waals surface area contributed by atoms with Gasteiger partial charge in [0.15, 0.2) is 0 Å². The van der Waals surface area contributed by atoms with Gasteiger partial charge in [-0.2, -0.15) is 0 Å². The molecule has 368 valence electrons. The molecule has 0 fully saturated rings. The number of hydrogen-bond donors (Lipinski definition) is 3. The fourth-order valence-electron chi connectivity index (χ4n) is 7.88. The average Bonchev–Trinajstić information content (AvgIpc) is 3.30. The number of carbonyl (C=O) groups excluding carboxylic acids is 1. The van der Waals surface area contributed by atoms with E-state index in [2.05, 4.69) is 104 Å². The van der Waals surface area contributed by atoms with Crippen LogP contribution >= 0.6 is 0 Å². The number of hydrogen-bond acceptors (Lipinski definition) is 3. The highest BCUT2D eigenvalue weighted by Crippen LogP contribution is 2.16. The van der Waals surface area contributed by atoms with Gasteiger partial charge in [0.2, 0.25) is 5.91 Å². The summed E-state index contributed by atoms with van der Waals surface area (Å²) in [6.45, 7) is 4.18. The lowest BCUT2D eigenvalue weighted by Gasteiger charge is -2.19. The predicted octanol–water partition coefficient (Wildman–Crippen LogP) is 18.1. The summed E-state index contributed by atoms with van der Waals surface area (Å²) in [5, 5.41) is 23.1. The third kappa shape index (κ3) is 50.3. The molecular weight excluding hydrogens is 783 g/mol. The van der Waals surface area contributed by atoms with Gasteiger partial charge in [-0.1, -0.05) is 259 Å². The maximum absolute atomic E-state index is 12.5. The summed E-state index contributed by atoms with van der Waals surface area (Å²) < 4.78 is 0. The van der Waals surface area contributed by atoms with Gasteiger partial charge in [-0.25, -0.2) is 0 Å². The van der Waals surface area contributed by atoms with Gasteiger partial charge < -0.3 is 15.5 Å². The lowest BCUT2D eigenvalue weighted by atomic mass is 10.0. The zero-order valence-corrected chi connectivity index (χ0v) is 42.3. The molecule has 0 aliphatic heterocycles. The van der Waals surface area contributed by atoms with Crippen molar-refractivity contribution in [2.75, 3.05) is 6.61 Å². The van der Waals surface area contributed by atoms with E-state index in [1.165, 1.54) is 167 Å². The number of amides is 1. The van der Waals surface area contributed by atoms with E-state index in [4.69, 9.17) is 0 Å². The Morgan fingerprint density at radius 3 is 1.09 bits per heavy atom. The number of carbonyl (C=O) groups is 1. The molecule has 0 saturated carbocycles. The summed E-state index contributed by atoms with van der Waals surface area (Å²) in [5.41, 5.74) is 0. The Bertz CT molecular complexity index is 1190. The highest BCUT2D eigenvalue weighted by atomic mass is 16.3. The molecule has 0 radical (unpaired) electrons. The zero-order chi connectivity index (χ0) is 46.3. The molecule has 4 heteroatoms. The van der Waals surface area contributed by atoms with Crippen LogP contribution in [0.2, 0.25) is 0 Å². The molecule has 0 aromatic carbocycles. The number of rotatable bonds is 49. The second-order valence-corrected chi connectivity index (χ2v) is 18.2. The van der Waals surface area contributed by atoms with Crippen molar-refractivity contribution in [1.29, 1.82) is 0 Å². The van der Waals surface area contributed by atoms with Crippen molar-refractivity contribution in [3.63, 3.8) is 0 Å². The molecule has 0 aromatic rings. The number of nitrogens with one attached hydrogen (secondary N) is 1. The number of unbranched alkanes of at least 4 members (excludes halogenated alkanes) is 28. The predicted molar refractivity (Wildman–Crippen MR) is 285 cm³/mol. The fourth-order valence-corrected chi connectivity index (χ4v) is 7.88. The van der Waals surface area contributed by atoms with E-state index in [0.29, 0.717) is 6.42 Å². The van der Waals surface area contributed by atoms with Crippen LogP contribution in [0.1, 0.15) is 258 Å². The topological polar surface area (TPSA) is 69.6 Å². The minimum atomic E-state index is -0.873. The van der Waals surface area contributed by atoms with Crippen molar-refractivity contribution in [2.45, 2.75) is 270 Å². The molecule has 3 N–H and O–H groups in total. The summed E-state index contributed by atoms with van der Waals surface area (Å²) in [4.78, 5) is 12.5. The molecule has 0 spiro atoms. The molecule has 0 aromatic heterocycles. The van der Waals surface area contributed by atoms with Gasteiger partial charge in [-0.15, -0.1) is 0 Å². The van der Waals surface area contributed by atoms with Crippen molar-refractivity contribution in [1.82, 2.24) is 5.32 Å². The van der Waals surface area contributed by atoms with Crippen LogP contribution in [-0.2, 0) is 4.79 Å². The molecule has 4 nitrogen and oxygen atoms in total. The number of allylic oxidation sites excluding steroid dienone is 15. The maximum atomic E-state index is 12.5. The van der Waals surface area contributed by atoms with Crippen molar-refractivity contribution >= 4 is 5.91 Å². The van der Waals surface area contributed by atoms with Crippen molar-refractivity contribution in [3.05, 3.63) is 97.2 Å². The highest BCUT2D eigenvalue weighted by molar-refractivity contribution is 5.76. The Labute approximate surface area is 398 Å². The van der Waals surface area contributed by atoms with Crippen LogP contribution in [0.5, 0.6) is 0 Å². The second kappa shape index (κ2) is 54.6. The quantitative estimate of drug-likeness (QED) is 0.0421. The van der Waals surface area contributed by atoms with Crippen LogP contribution in [0.3, 0.4) is 0 Å². The Balaban J connectivity index is 3.52. The van der Waals surface area contributed by atoms with Crippen molar-refractivity contribution in [3.8, 4) is 0 Å². The molecule has 1 amide bonds. The van der Waals surface area contributed by atoms with Gasteiger partial charge in [-0.3, -0.25) is 4.79 Å². The molecule has 0 aliphatic carbocycles. The normalized spacial score (nSPS) is 13.6. The molecule has 0 saturated heterocycles.